The van der Waals surface area contributed by atoms with Crippen LogP contribution >= 0.6 is 0 Å². The summed E-state index contributed by atoms with van der Waals surface area (Å²) in [6.45, 7) is 0.588. The first-order chi connectivity index (χ1) is 9.52. The van der Waals surface area contributed by atoms with E-state index in [1.54, 1.807) is 18.2 Å². The molecule has 0 heterocycles. The molecule has 0 amide bonds. The van der Waals surface area contributed by atoms with Gasteiger partial charge < -0.3 is 15.7 Å². The Bertz CT molecular complexity index is 531. The van der Waals surface area contributed by atoms with E-state index in [2.05, 4.69) is 5.16 Å². The number of sulfonamides is 1. The van der Waals surface area contributed by atoms with E-state index < -0.39 is 10.0 Å². The molecule has 20 heavy (non-hydrogen) atoms. The molecule has 0 saturated heterocycles. The fraction of sp³-hybridized carbons (Fsp3) is 0.417. The van der Waals surface area contributed by atoms with Gasteiger partial charge in [0.2, 0.25) is 10.0 Å². The van der Waals surface area contributed by atoms with E-state index in [0.29, 0.717) is 0 Å². The molecule has 0 aliphatic heterocycles. The van der Waals surface area contributed by atoms with Crippen LogP contribution in [0.25, 0.3) is 0 Å². The van der Waals surface area contributed by atoms with Crippen molar-refractivity contribution in [3.05, 3.63) is 30.3 Å². The lowest BCUT2D eigenvalue weighted by molar-refractivity contribution is 0.179. The molecule has 7 nitrogen and oxygen atoms in total. The molecule has 0 fully saturated rings. The van der Waals surface area contributed by atoms with Gasteiger partial charge in [-0.25, -0.2) is 8.42 Å². The van der Waals surface area contributed by atoms with Crippen LogP contribution in [0.3, 0.4) is 0 Å². The van der Waals surface area contributed by atoms with Crippen LogP contribution in [0.1, 0.15) is 6.42 Å². The van der Waals surface area contributed by atoms with Crippen LogP contribution in [0, 0.1) is 0 Å². The second-order valence-corrected chi connectivity index (χ2v) is 5.99. The highest BCUT2D eigenvalue weighted by Gasteiger charge is 2.23. The van der Waals surface area contributed by atoms with E-state index in [0.717, 1.165) is 0 Å². The minimum absolute atomic E-state index is 0.0179. The van der Waals surface area contributed by atoms with Crippen molar-refractivity contribution in [2.24, 2.45) is 10.9 Å². The van der Waals surface area contributed by atoms with Gasteiger partial charge in [-0.15, -0.1) is 0 Å². The van der Waals surface area contributed by atoms with Gasteiger partial charge in [-0.3, -0.25) is 0 Å². The van der Waals surface area contributed by atoms with Crippen molar-refractivity contribution in [2.75, 3.05) is 26.8 Å². The van der Waals surface area contributed by atoms with E-state index in [-0.39, 0.29) is 36.8 Å². The second-order valence-electron chi connectivity index (χ2n) is 4.05. The topological polar surface area (TPSA) is 105 Å². The molecule has 3 N–H and O–H groups in total. The Morgan fingerprint density at radius 1 is 1.35 bits per heavy atom. The van der Waals surface area contributed by atoms with Gasteiger partial charge in [0.15, 0.2) is 0 Å². The van der Waals surface area contributed by atoms with Gasteiger partial charge in [0.1, 0.15) is 5.84 Å². The predicted molar refractivity (Wildman–Crippen MR) is 75.1 cm³/mol. The van der Waals surface area contributed by atoms with Crippen LogP contribution in [0.15, 0.2) is 40.4 Å². The summed E-state index contributed by atoms with van der Waals surface area (Å²) in [6.07, 6.45) is 0.145. The van der Waals surface area contributed by atoms with Crippen LogP contribution in [-0.4, -0.2) is 50.6 Å². The lowest BCUT2D eigenvalue weighted by Gasteiger charge is -2.21. The van der Waals surface area contributed by atoms with Gasteiger partial charge >= 0.3 is 0 Å². The fourth-order valence-corrected chi connectivity index (χ4v) is 3.02. The quantitative estimate of drug-likeness (QED) is 0.314. The maximum absolute atomic E-state index is 12.5. The third kappa shape index (κ3) is 4.48. The summed E-state index contributed by atoms with van der Waals surface area (Å²) < 4.78 is 31.1. The van der Waals surface area contributed by atoms with Crippen LogP contribution < -0.4 is 5.73 Å². The number of nitrogens with zero attached hydrogens (tertiary/aromatic N) is 2. The van der Waals surface area contributed by atoms with Gasteiger partial charge in [-0.2, -0.15) is 4.31 Å². The summed E-state index contributed by atoms with van der Waals surface area (Å²) in [5.74, 6) is -0.0179. The highest BCUT2D eigenvalue weighted by Crippen LogP contribution is 2.15. The van der Waals surface area contributed by atoms with Crippen molar-refractivity contribution in [3.63, 3.8) is 0 Å². The van der Waals surface area contributed by atoms with Crippen molar-refractivity contribution in [2.45, 2.75) is 11.3 Å². The van der Waals surface area contributed by atoms with E-state index in [1.165, 1.54) is 23.5 Å². The Morgan fingerprint density at radius 2 is 2.00 bits per heavy atom. The van der Waals surface area contributed by atoms with Crippen molar-refractivity contribution < 1.29 is 18.4 Å². The van der Waals surface area contributed by atoms with Crippen molar-refractivity contribution >= 4 is 15.9 Å². The normalized spacial score (nSPS) is 12.8. The second kappa shape index (κ2) is 7.83. The Morgan fingerprint density at radius 3 is 2.55 bits per heavy atom. The van der Waals surface area contributed by atoms with Gasteiger partial charge in [-0.1, -0.05) is 23.4 Å². The van der Waals surface area contributed by atoms with Gasteiger partial charge in [0.25, 0.3) is 0 Å². The number of amidine groups is 1. The Kier molecular flexibility index (Phi) is 6.43. The van der Waals surface area contributed by atoms with E-state index in [4.69, 9.17) is 15.7 Å². The average Bonchev–Trinajstić information content (AvgIpc) is 2.47. The number of rotatable bonds is 8. The zero-order valence-corrected chi connectivity index (χ0v) is 12.1. The number of oxime groups is 1. The summed E-state index contributed by atoms with van der Waals surface area (Å²) in [5.41, 5.74) is 5.38. The van der Waals surface area contributed by atoms with Crippen LogP contribution in [0.5, 0.6) is 0 Å². The number of benzene rings is 1. The Hall–Kier alpha value is -1.64. The zero-order chi connectivity index (χ0) is 15.0. The van der Waals surface area contributed by atoms with Gasteiger partial charge in [-0.05, 0) is 12.1 Å². The summed E-state index contributed by atoms with van der Waals surface area (Å²) in [7, 11) is -2.12. The first-order valence-electron chi connectivity index (χ1n) is 6.03. The minimum Gasteiger partial charge on any atom is -0.409 e. The van der Waals surface area contributed by atoms with Gasteiger partial charge in [0.05, 0.1) is 11.5 Å². The maximum Gasteiger partial charge on any atom is 0.243 e. The molecule has 0 aliphatic rings. The smallest absolute Gasteiger partial charge is 0.243 e. The fourth-order valence-electron chi connectivity index (χ4n) is 1.58. The number of hydrogen-bond acceptors (Lipinski definition) is 5. The molecule has 0 bridgehead atoms. The zero-order valence-electron chi connectivity index (χ0n) is 11.3. The molecule has 1 aromatic rings. The van der Waals surface area contributed by atoms with Gasteiger partial charge in [0, 0.05) is 26.6 Å². The van der Waals surface area contributed by atoms with Crippen LogP contribution in [0.2, 0.25) is 0 Å². The molecular formula is C12H19N3O4S. The maximum atomic E-state index is 12.5. The largest absolute Gasteiger partial charge is 0.409 e. The predicted octanol–water partition coefficient (Wildman–Crippen LogP) is 0.460. The third-order valence-corrected chi connectivity index (χ3v) is 4.58. The number of nitrogens with two attached hydrogens (primary N) is 1. The molecule has 0 aromatic heterocycles. The van der Waals surface area contributed by atoms with Crippen molar-refractivity contribution in [3.8, 4) is 0 Å². The molecule has 0 spiro atoms. The van der Waals surface area contributed by atoms with Crippen LogP contribution in [0.4, 0.5) is 0 Å². The number of hydrogen-bond donors (Lipinski definition) is 2. The monoisotopic (exact) mass is 301 g/mol. The lowest BCUT2D eigenvalue weighted by Crippen LogP contribution is -2.36. The molecule has 0 unspecified atom stereocenters. The van der Waals surface area contributed by atoms with Crippen LogP contribution in [-0.2, 0) is 14.8 Å². The summed E-state index contributed by atoms with van der Waals surface area (Å²) in [6, 6.07) is 8.11. The average molecular weight is 301 g/mol. The summed E-state index contributed by atoms with van der Waals surface area (Å²) in [4.78, 5) is 0.204. The molecule has 0 radical (unpaired) electrons. The molecule has 8 heteroatoms. The van der Waals surface area contributed by atoms with E-state index >= 15 is 0 Å². The SMILES string of the molecule is COCCN(CCC(N)=NO)S(=O)(=O)c1ccccc1. The number of methoxy groups -OCH3 is 1. The minimum atomic E-state index is -3.62. The summed E-state index contributed by atoms with van der Waals surface area (Å²) >= 11 is 0. The molecule has 112 valence electrons. The highest BCUT2D eigenvalue weighted by atomic mass is 32.2. The van der Waals surface area contributed by atoms with Crippen molar-refractivity contribution in [1.82, 2.24) is 4.31 Å². The lowest BCUT2D eigenvalue weighted by atomic mass is 10.4. The Labute approximate surface area is 118 Å². The highest BCUT2D eigenvalue weighted by molar-refractivity contribution is 7.89. The van der Waals surface area contributed by atoms with Crippen molar-refractivity contribution in [1.29, 1.82) is 0 Å². The Balaban J connectivity index is 2.91. The molecule has 0 saturated carbocycles. The molecule has 0 aliphatic carbocycles. The first-order valence-corrected chi connectivity index (χ1v) is 7.47. The third-order valence-electron chi connectivity index (χ3n) is 2.67. The molecule has 0 atom stereocenters. The molecular weight excluding hydrogens is 282 g/mol. The van der Waals surface area contributed by atoms with E-state index in [9.17, 15) is 8.42 Å². The molecule has 1 rings (SSSR count). The first kappa shape index (κ1) is 16.4. The molecule has 1 aromatic carbocycles. The number of ether oxygens (including phenoxy) is 1. The van der Waals surface area contributed by atoms with E-state index in [1.807, 2.05) is 0 Å². The standard InChI is InChI=1S/C12H19N3O4S/c1-19-10-9-15(8-7-12(13)14-16)20(17,18)11-5-3-2-4-6-11/h2-6,16H,7-10H2,1H3,(H2,13,14). The summed E-state index contributed by atoms with van der Waals surface area (Å²) in [5, 5.41) is 11.4.